The molecule has 0 fully saturated rings. The third-order valence-electron chi connectivity index (χ3n) is 1.34. The molecule has 0 radical (unpaired) electrons. The first kappa shape index (κ1) is 9.31. The van der Waals surface area contributed by atoms with E-state index in [2.05, 4.69) is 5.16 Å². The van der Waals surface area contributed by atoms with Gasteiger partial charge in [0.1, 0.15) is 6.61 Å². The number of nitrogens with zero attached hydrogens (tertiary/aromatic N) is 1. The zero-order valence-corrected chi connectivity index (χ0v) is 6.77. The second kappa shape index (κ2) is 4.30. The first-order valence-electron chi connectivity index (χ1n) is 3.57. The fraction of sp³-hybridized carbons (Fsp3) is 0.125. The summed E-state index contributed by atoms with van der Waals surface area (Å²) in [5.41, 5.74) is 5.12. The van der Waals surface area contributed by atoms with Gasteiger partial charge in [0.15, 0.2) is 17.4 Å². The van der Waals surface area contributed by atoms with Crippen LogP contribution in [-0.2, 0) is 0 Å². The van der Waals surface area contributed by atoms with Gasteiger partial charge in [-0.15, -0.1) is 0 Å². The lowest BCUT2D eigenvalue weighted by atomic mass is 10.3. The highest BCUT2D eigenvalue weighted by Gasteiger charge is 2.01. The van der Waals surface area contributed by atoms with E-state index < -0.39 is 5.82 Å². The summed E-state index contributed by atoms with van der Waals surface area (Å²) in [6, 6.07) is 5.90. The van der Waals surface area contributed by atoms with Crippen LogP contribution in [0.3, 0.4) is 0 Å². The third kappa shape index (κ3) is 2.62. The average molecular weight is 184 g/mol. The molecule has 3 N–H and O–H groups in total. The van der Waals surface area contributed by atoms with Crippen LogP contribution in [0, 0.1) is 5.82 Å². The Labute approximate surface area is 74.4 Å². The molecule has 0 heterocycles. The maximum Gasteiger partial charge on any atom is 0.177 e. The van der Waals surface area contributed by atoms with Gasteiger partial charge in [0.25, 0.3) is 0 Å². The van der Waals surface area contributed by atoms with Gasteiger partial charge in [-0.2, -0.15) is 0 Å². The van der Waals surface area contributed by atoms with Crippen LogP contribution in [0.5, 0.6) is 5.75 Å². The molecule has 1 rings (SSSR count). The molecule has 0 aliphatic carbocycles. The summed E-state index contributed by atoms with van der Waals surface area (Å²) >= 11 is 0. The number of hydrogen-bond acceptors (Lipinski definition) is 3. The van der Waals surface area contributed by atoms with Gasteiger partial charge in [-0.1, -0.05) is 17.3 Å². The van der Waals surface area contributed by atoms with Crippen molar-refractivity contribution in [3.63, 3.8) is 0 Å². The summed E-state index contributed by atoms with van der Waals surface area (Å²) in [5, 5.41) is 10.9. The van der Waals surface area contributed by atoms with Crippen LogP contribution < -0.4 is 10.5 Å². The number of para-hydroxylation sites is 1. The predicted octanol–water partition coefficient (Wildman–Crippen LogP) is 0.951. The molecular formula is C8H9FN2O2. The molecule has 1 aromatic carbocycles. The van der Waals surface area contributed by atoms with Gasteiger partial charge in [0, 0.05) is 0 Å². The van der Waals surface area contributed by atoms with Crippen LogP contribution >= 0.6 is 0 Å². The van der Waals surface area contributed by atoms with Gasteiger partial charge in [0.05, 0.1) is 0 Å². The Hall–Kier alpha value is -1.78. The van der Waals surface area contributed by atoms with Crippen molar-refractivity contribution in [1.29, 1.82) is 0 Å². The number of benzene rings is 1. The zero-order chi connectivity index (χ0) is 9.68. The fourth-order valence-corrected chi connectivity index (χ4v) is 0.742. The molecule has 0 saturated heterocycles. The fourth-order valence-electron chi connectivity index (χ4n) is 0.742. The average Bonchev–Trinajstić information content (AvgIpc) is 2.16. The molecule has 0 atom stereocenters. The van der Waals surface area contributed by atoms with E-state index in [4.69, 9.17) is 15.7 Å². The van der Waals surface area contributed by atoms with Gasteiger partial charge in [0.2, 0.25) is 0 Å². The Morgan fingerprint density at radius 3 is 2.85 bits per heavy atom. The second-order valence-corrected chi connectivity index (χ2v) is 2.31. The molecule has 4 nitrogen and oxygen atoms in total. The van der Waals surface area contributed by atoms with E-state index in [0.717, 1.165) is 0 Å². The number of ether oxygens (including phenoxy) is 1. The first-order chi connectivity index (χ1) is 6.24. The summed E-state index contributed by atoms with van der Waals surface area (Å²) in [4.78, 5) is 0. The summed E-state index contributed by atoms with van der Waals surface area (Å²) in [6.07, 6.45) is 0. The minimum absolute atomic E-state index is 0.0779. The Bertz CT molecular complexity index is 315. The van der Waals surface area contributed by atoms with Gasteiger partial charge in [-0.3, -0.25) is 0 Å². The molecule has 0 unspecified atom stereocenters. The number of nitrogens with two attached hydrogens (primary N) is 1. The number of amidine groups is 1. The van der Waals surface area contributed by atoms with Crippen molar-refractivity contribution in [2.45, 2.75) is 0 Å². The molecule has 0 aliphatic rings. The summed E-state index contributed by atoms with van der Waals surface area (Å²) in [7, 11) is 0. The van der Waals surface area contributed by atoms with Crippen LogP contribution in [0.15, 0.2) is 29.4 Å². The molecule has 1 aromatic rings. The normalized spacial score (nSPS) is 11.3. The number of hydrogen-bond donors (Lipinski definition) is 2. The van der Waals surface area contributed by atoms with E-state index in [-0.39, 0.29) is 18.2 Å². The van der Waals surface area contributed by atoms with Crippen LogP contribution in [0.1, 0.15) is 0 Å². The summed E-state index contributed by atoms with van der Waals surface area (Å²) < 4.78 is 17.8. The van der Waals surface area contributed by atoms with Gasteiger partial charge >= 0.3 is 0 Å². The maximum absolute atomic E-state index is 12.9. The van der Waals surface area contributed by atoms with Gasteiger partial charge in [-0.25, -0.2) is 4.39 Å². The number of rotatable bonds is 3. The first-order valence-corrected chi connectivity index (χ1v) is 3.57. The van der Waals surface area contributed by atoms with E-state index in [1.54, 1.807) is 12.1 Å². The standard InChI is InChI=1S/C8H9FN2O2/c9-6-3-1-2-4-7(6)13-5-8(10)11-12/h1-4,12H,5H2,(H2,10,11). The Balaban J connectivity index is 2.60. The van der Waals surface area contributed by atoms with Crippen molar-refractivity contribution < 1.29 is 14.3 Å². The molecule has 0 saturated carbocycles. The lowest BCUT2D eigenvalue weighted by Gasteiger charge is -2.04. The molecule has 0 aromatic heterocycles. The summed E-state index contributed by atoms with van der Waals surface area (Å²) in [5.74, 6) is -0.509. The van der Waals surface area contributed by atoms with Crippen LogP contribution in [0.4, 0.5) is 4.39 Å². The predicted molar refractivity (Wildman–Crippen MR) is 45.3 cm³/mol. The highest BCUT2D eigenvalue weighted by Crippen LogP contribution is 2.14. The van der Waals surface area contributed by atoms with E-state index in [0.29, 0.717) is 0 Å². The minimum atomic E-state index is -0.478. The van der Waals surface area contributed by atoms with E-state index >= 15 is 0 Å². The smallest absolute Gasteiger partial charge is 0.177 e. The van der Waals surface area contributed by atoms with E-state index in [9.17, 15) is 4.39 Å². The van der Waals surface area contributed by atoms with Crippen molar-refractivity contribution in [3.8, 4) is 5.75 Å². The molecule has 0 aliphatic heterocycles. The van der Waals surface area contributed by atoms with E-state index in [1.807, 2.05) is 0 Å². The number of halogens is 1. The molecular weight excluding hydrogens is 175 g/mol. The zero-order valence-electron chi connectivity index (χ0n) is 6.77. The van der Waals surface area contributed by atoms with Crippen LogP contribution in [0.25, 0.3) is 0 Å². The lowest BCUT2D eigenvalue weighted by molar-refractivity contribution is 0.303. The highest BCUT2D eigenvalue weighted by molar-refractivity contribution is 5.81. The SMILES string of the molecule is NC(COc1ccccc1F)=NO. The molecule has 13 heavy (non-hydrogen) atoms. The quantitative estimate of drug-likeness (QED) is 0.318. The van der Waals surface area contributed by atoms with Crippen LogP contribution in [-0.4, -0.2) is 17.6 Å². The molecule has 0 bridgehead atoms. The third-order valence-corrected chi connectivity index (χ3v) is 1.34. The molecule has 5 heteroatoms. The van der Waals surface area contributed by atoms with Crippen molar-refractivity contribution >= 4 is 5.84 Å². The molecule has 0 spiro atoms. The largest absolute Gasteiger partial charge is 0.482 e. The Morgan fingerprint density at radius 2 is 2.23 bits per heavy atom. The lowest BCUT2D eigenvalue weighted by Crippen LogP contribution is -2.21. The Morgan fingerprint density at radius 1 is 1.54 bits per heavy atom. The van der Waals surface area contributed by atoms with Gasteiger partial charge < -0.3 is 15.7 Å². The number of oxime groups is 1. The highest BCUT2D eigenvalue weighted by atomic mass is 19.1. The van der Waals surface area contributed by atoms with Crippen molar-refractivity contribution in [2.75, 3.05) is 6.61 Å². The maximum atomic E-state index is 12.9. The van der Waals surface area contributed by atoms with Crippen molar-refractivity contribution in [3.05, 3.63) is 30.1 Å². The van der Waals surface area contributed by atoms with Crippen molar-refractivity contribution in [2.24, 2.45) is 10.9 Å². The van der Waals surface area contributed by atoms with Crippen molar-refractivity contribution in [1.82, 2.24) is 0 Å². The second-order valence-electron chi connectivity index (χ2n) is 2.31. The topological polar surface area (TPSA) is 67.8 Å². The van der Waals surface area contributed by atoms with Gasteiger partial charge in [-0.05, 0) is 12.1 Å². The van der Waals surface area contributed by atoms with E-state index in [1.165, 1.54) is 12.1 Å². The molecule has 0 amide bonds. The molecule has 70 valence electrons. The van der Waals surface area contributed by atoms with Crippen LogP contribution in [0.2, 0.25) is 0 Å². The minimum Gasteiger partial charge on any atom is -0.482 e. The Kier molecular flexibility index (Phi) is 3.08. The summed E-state index contributed by atoms with van der Waals surface area (Å²) in [6.45, 7) is -0.141. The monoisotopic (exact) mass is 184 g/mol.